The number of anilines is 1. The van der Waals surface area contributed by atoms with Gasteiger partial charge in [-0.15, -0.1) is 0 Å². The fourth-order valence-corrected chi connectivity index (χ4v) is 1.82. The van der Waals surface area contributed by atoms with Crippen LogP contribution in [0.5, 0.6) is 0 Å². The summed E-state index contributed by atoms with van der Waals surface area (Å²) in [6.07, 6.45) is 5.91. The first-order chi connectivity index (χ1) is 7.79. The first-order valence-corrected chi connectivity index (χ1v) is 6.06. The molecule has 0 amide bonds. The van der Waals surface area contributed by atoms with Gasteiger partial charge in [0.1, 0.15) is 0 Å². The predicted octanol–water partition coefficient (Wildman–Crippen LogP) is 2.05. The van der Waals surface area contributed by atoms with E-state index in [1.54, 1.807) is 7.11 Å². The Bertz CT molecular complexity index is 331. The van der Waals surface area contributed by atoms with Gasteiger partial charge in [0.2, 0.25) is 5.95 Å². The van der Waals surface area contributed by atoms with Crippen molar-refractivity contribution in [1.82, 2.24) is 9.55 Å². The van der Waals surface area contributed by atoms with Gasteiger partial charge in [0.25, 0.3) is 0 Å². The van der Waals surface area contributed by atoms with Gasteiger partial charge in [-0.25, -0.2) is 4.98 Å². The molecular weight excluding hydrogens is 202 g/mol. The first kappa shape index (κ1) is 11.5. The zero-order valence-electron chi connectivity index (χ0n) is 10.2. The molecule has 0 bridgehead atoms. The Morgan fingerprint density at radius 3 is 3.06 bits per heavy atom. The van der Waals surface area contributed by atoms with Gasteiger partial charge in [-0.3, -0.25) is 0 Å². The van der Waals surface area contributed by atoms with Crippen molar-refractivity contribution in [1.29, 1.82) is 0 Å². The van der Waals surface area contributed by atoms with Crippen molar-refractivity contribution in [2.45, 2.75) is 32.7 Å². The van der Waals surface area contributed by atoms with Crippen LogP contribution >= 0.6 is 0 Å². The van der Waals surface area contributed by atoms with Gasteiger partial charge in [0, 0.05) is 33.0 Å². The molecule has 4 nitrogen and oxygen atoms in total. The number of aromatic nitrogens is 2. The van der Waals surface area contributed by atoms with Crippen molar-refractivity contribution in [2.24, 2.45) is 5.92 Å². The average Bonchev–Trinajstić information content (AvgIpc) is 2.99. The zero-order valence-corrected chi connectivity index (χ0v) is 10.2. The van der Waals surface area contributed by atoms with E-state index in [9.17, 15) is 0 Å². The van der Waals surface area contributed by atoms with Gasteiger partial charge in [0.15, 0.2) is 0 Å². The minimum atomic E-state index is 0.801. The molecule has 1 fully saturated rings. The Labute approximate surface area is 97.0 Å². The Morgan fingerprint density at radius 1 is 1.56 bits per heavy atom. The molecule has 1 saturated carbocycles. The summed E-state index contributed by atoms with van der Waals surface area (Å²) in [7, 11) is 1.73. The lowest BCUT2D eigenvalue weighted by Gasteiger charge is -2.08. The third-order valence-corrected chi connectivity index (χ3v) is 2.86. The summed E-state index contributed by atoms with van der Waals surface area (Å²) >= 11 is 0. The molecule has 0 aromatic carbocycles. The lowest BCUT2D eigenvalue weighted by atomic mass is 10.4. The smallest absolute Gasteiger partial charge is 0.203 e. The molecule has 0 unspecified atom stereocenters. The number of aryl methyl sites for hydroxylation is 1. The van der Waals surface area contributed by atoms with Crippen LogP contribution in [-0.4, -0.2) is 29.8 Å². The van der Waals surface area contributed by atoms with E-state index in [0.29, 0.717) is 0 Å². The molecule has 1 aliphatic carbocycles. The van der Waals surface area contributed by atoms with Crippen molar-refractivity contribution in [3.8, 4) is 0 Å². The highest BCUT2D eigenvalue weighted by Crippen LogP contribution is 2.31. The Balaban J connectivity index is 1.85. The van der Waals surface area contributed by atoms with Crippen LogP contribution in [0.25, 0.3) is 0 Å². The molecule has 4 heteroatoms. The van der Waals surface area contributed by atoms with Gasteiger partial charge >= 0.3 is 0 Å². The lowest BCUT2D eigenvalue weighted by molar-refractivity contribution is 0.197. The Hall–Kier alpha value is -1.03. The second-order valence-electron chi connectivity index (χ2n) is 4.57. The second kappa shape index (κ2) is 5.34. The molecule has 1 heterocycles. The van der Waals surface area contributed by atoms with E-state index in [4.69, 9.17) is 4.74 Å². The zero-order chi connectivity index (χ0) is 11.4. The standard InChI is InChI=1S/C12H21N3O/c1-10-8-15(9-11-4-5-11)12(14-10)13-6-3-7-16-2/h8,11H,3-7,9H2,1-2H3,(H,13,14). The number of nitrogens with one attached hydrogen (secondary N) is 1. The van der Waals surface area contributed by atoms with Crippen molar-refractivity contribution in [2.75, 3.05) is 25.6 Å². The van der Waals surface area contributed by atoms with E-state index < -0.39 is 0 Å². The molecule has 1 N–H and O–H groups in total. The number of rotatable bonds is 7. The summed E-state index contributed by atoms with van der Waals surface area (Å²) in [5.41, 5.74) is 1.09. The van der Waals surface area contributed by atoms with Crippen LogP contribution in [-0.2, 0) is 11.3 Å². The maximum absolute atomic E-state index is 5.02. The highest BCUT2D eigenvalue weighted by Gasteiger charge is 2.22. The second-order valence-corrected chi connectivity index (χ2v) is 4.57. The number of hydrogen-bond acceptors (Lipinski definition) is 3. The fraction of sp³-hybridized carbons (Fsp3) is 0.750. The van der Waals surface area contributed by atoms with E-state index in [0.717, 1.165) is 43.7 Å². The molecule has 90 valence electrons. The van der Waals surface area contributed by atoms with E-state index >= 15 is 0 Å². The van der Waals surface area contributed by atoms with Gasteiger partial charge in [-0.05, 0) is 32.1 Å². The molecule has 0 spiro atoms. The van der Waals surface area contributed by atoms with Gasteiger partial charge in [-0.1, -0.05) is 0 Å². The highest BCUT2D eigenvalue weighted by molar-refractivity contribution is 5.28. The lowest BCUT2D eigenvalue weighted by Crippen LogP contribution is -2.10. The number of imidazole rings is 1. The molecule has 1 aromatic rings. The minimum absolute atomic E-state index is 0.801. The van der Waals surface area contributed by atoms with E-state index in [2.05, 4.69) is 21.1 Å². The molecule has 0 atom stereocenters. The molecule has 2 rings (SSSR count). The van der Waals surface area contributed by atoms with Crippen LogP contribution in [0.2, 0.25) is 0 Å². The SMILES string of the molecule is COCCCNc1nc(C)cn1CC1CC1. The molecule has 16 heavy (non-hydrogen) atoms. The Morgan fingerprint density at radius 2 is 2.38 bits per heavy atom. The number of hydrogen-bond donors (Lipinski definition) is 1. The largest absolute Gasteiger partial charge is 0.385 e. The summed E-state index contributed by atoms with van der Waals surface area (Å²) in [5.74, 6) is 1.90. The molecule has 1 aliphatic rings. The fourth-order valence-electron chi connectivity index (χ4n) is 1.82. The van der Waals surface area contributed by atoms with Crippen LogP contribution in [0.3, 0.4) is 0 Å². The summed E-state index contributed by atoms with van der Waals surface area (Å²) in [6, 6.07) is 0. The number of nitrogens with zero attached hydrogens (tertiary/aromatic N) is 2. The summed E-state index contributed by atoms with van der Waals surface area (Å²) < 4.78 is 7.27. The van der Waals surface area contributed by atoms with Crippen LogP contribution in [0, 0.1) is 12.8 Å². The van der Waals surface area contributed by atoms with Crippen molar-refractivity contribution in [3.05, 3.63) is 11.9 Å². The molecule has 1 aromatic heterocycles. The maximum atomic E-state index is 5.02. The van der Waals surface area contributed by atoms with E-state index in [1.807, 2.05) is 6.92 Å². The van der Waals surface area contributed by atoms with Crippen LogP contribution < -0.4 is 5.32 Å². The summed E-state index contributed by atoms with van der Waals surface area (Å²) in [4.78, 5) is 4.50. The molecular formula is C12H21N3O. The number of ether oxygens (including phenoxy) is 1. The maximum Gasteiger partial charge on any atom is 0.203 e. The third-order valence-electron chi connectivity index (χ3n) is 2.86. The topological polar surface area (TPSA) is 39.1 Å². The average molecular weight is 223 g/mol. The Kier molecular flexibility index (Phi) is 3.83. The normalized spacial score (nSPS) is 15.4. The molecule has 0 saturated heterocycles. The molecule has 0 aliphatic heterocycles. The third kappa shape index (κ3) is 3.23. The van der Waals surface area contributed by atoms with E-state index in [-0.39, 0.29) is 0 Å². The monoisotopic (exact) mass is 223 g/mol. The van der Waals surface area contributed by atoms with Crippen molar-refractivity contribution >= 4 is 5.95 Å². The number of methoxy groups -OCH3 is 1. The van der Waals surface area contributed by atoms with Crippen LogP contribution in [0.1, 0.15) is 25.0 Å². The quantitative estimate of drug-likeness (QED) is 0.719. The van der Waals surface area contributed by atoms with Crippen molar-refractivity contribution < 1.29 is 4.74 Å². The van der Waals surface area contributed by atoms with E-state index in [1.165, 1.54) is 12.8 Å². The summed E-state index contributed by atoms with van der Waals surface area (Å²) in [5, 5.41) is 3.37. The molecule has 0 radical (unpaired) electrons. The van der Waals surface area contributed by atoms with Crippen LogP contribution in [0.15, 0.2) is 6.20 Å². The van der Waals surface area contributed by atoms with Gasteiger partial charge in [-0.2, -0.15) is 0 Å². The highest BCUT2D eigenvalue weighted by atomic mass is 16.5. The summed E-state index contributed by atoms with van der Waals surface area (Å²) in [6.45, 7) is 4.89. The van der Waals surface area contributed by atoms with Crippen LogP contribution in [0.4, 0.5) is 5.95 Å². The first-order valence-electron chi connectivity index (χ1n) is 6.06. The predicted molar refractivity (Wildman–Crippen MR) is 64.7 cm³/mol. The van der Waals surface area contributed by atoms with Crippen molar-refractivity contribution in [3.63, 3.8) is 0 Å². The van der Waals surface area contributed by atoms with Gasteiger partial charge in [0.05, 0.1) is 5.69 Å². The van der Waals surface area contributed by atoms with Gasteiger partial charge < -0.3 is 14.6 Å². The minimum Gasteiger partial charge on any atom is -0.385 e.